The number of sulfonamides is 1. The van der Waals surface area contributed by atoms with Crippen molar-refractivity contribution in [2.45, 2.75) is 50.2 Å². The quantitative estimate of drug-likeness (QED) is 0.386. The summed E-state index contributed by atoms with van der Waals surface area (Å²) in [6, 6.07) is 11.5. The van der Waals surface area contributed by atoms with Crippen LogP contribution in [0.2, 0.25) is 0 Å². The smallest absolute Gasteiger partial charge is 0.332 e. The zero-order valence-electron chi connectivity index (χ0n) is 20.1. The number of aromatic nitrogens is 3. The minimum atomic E-state index is -3.85. The van der Waals surface area contributed by atoms with Crippen molar-refractivity contribution in [1.29, 1.82) is 0 Å². The summed E-state index contributed by atoms with van der Waals surface area (Å²) < 4.78 is 42.0. The molecule has 2 aromatic carbocycles. The number of hydrogen-bond donors (Lipinski definition) is 1. The zero-order chi connectivity index (χ0) is 25.7. The Morgan fingerprint density at radius 2 is 1.89 bits per heavy atom. The number of nitrogens with one attached hydrogen (secondary N) is 1. The van der Waals surface area contributed by atoms with Crippen molar-refractivity contribution in [1.82, 2.24) is 18.8 Å². The molecule has 0 radical (unpaired) electrons. The molecule has 10 nitrogen and oxygen atoms in total. The van der Waals surface area contributed by atoms with Crippen molar-refractivity contribution in [3.05, 3.63) is 86.7 Å². The average Bonchev–Trinajstić information content (AvgIpc) is 3.42. The molecular formula is C25H26N4O6S. The fourth-order valence-corrected chi connectivity index (χ4v) is 5.61. The van der Waals surface area contributed by atoms with Gasteiger partial charge in [-0.25, -0.2) is 22.9 Å². The highest BCUT2D eigenvalue weighted by atomic mass is 32.2. The minimum absolute atomic E-state index is 0.0335. The number of methoxy groups -OCH3 is 1. The van der Waals surface area contributed by atoms with Gasteiger partial charge in [-0.1, -0.05) is 12.1 Å². The fourth-order valence-electron chi connectivity index (χ4n) is 4.12. The van der Waals surface area contributed by atoms with Gasteiger partial charge in [-0.15, -0.1) is 0 Å². The van der Waals surface area contributed by atoms with Crippen LogP contribution in [0.4, 0.5) is 0 Å². The molecule has 1 N–H and O–H groups in total. The third-order valence-electron chi connectivity index (χ3n) is 6.35. The molecule has 1 aliphatic rings. The Kier molecular flexibility index (Phi) is 5.84. The van der Waals surface area contributed by atoms with Gasteiger partial charge in [0.15, 0.2) is 5.89 Å². The molecule has 0 atom stereocenters. The maximum absolute atomic E-state index is 13.6. The number of aryl methyl sites for hydroxylation is 1. The molecule has 1 aliphatic carbocycles. The number of oxazole rings is 1. The zero-order valence-corrected chi connectivity index (χ0v) is 21.0. The largest absolute Gasteiger partial charge is 0.497 e. The lowest BCUT2D eigenvalue weighted by Gasteiger charge is -2.16. The Morgan fingerprint density at radius 3 is 2.56 bits per heavy atom. The van der Waals surface area contributed by atoms with Crippen LogP contribution >= 0.6 is 0 Å². The molecule has 1 saturated carbocycles. The number of rotatable bonds is 8. The molecule has 0 saturated heterocycles. The molecule has 188 valence electrons. The second-order valence-electron chi connectivity index (χ2n) is 9.30. The van der Waals surface area contributed by atoms with E-state index in [4.69, 9.17) is 9.15 Å². The van der Waals surface area contributed by atoms with Gasteiger partial charge in [-0.3, -0.25) is 13.9 Å². The lowest BCUT2D eigenvalue weighted by molar-refractivity contribution is 0.414. The first-order valence-corrected chi connectivity index (χ1v) is 12.9. The highest BCUT2D eigenvalue weighted by Gasteiger charge is 2.41. The summed E-state index contributed by atoms with van der Waals surface area (Å²) in [6.45, 7) is 3.51. The van der Waals surface area contributed by atoms with Crippen molar-refractivity contribution >= 4 is 20.9 Å². The monoisotopic (exact) mass is 510 g/mol. The Bertz CT molecular complexity index is 1700. The first-order valence-electron chi connectivity index (χ1n) is 11.4. The van der Waals surface area contributed by atoms with E-state index >= 15 is 0 Å². The summed E-state index contributed by atoms with van der Waals surface area (Å²) in [6.07, 6.45) is 2.96. The molecule has 2 aromatic heterocycles. The molecule has 5 rings (SSSR count). The molecule has 0 unspecified atom stereocenters. The molecule has 1 fully saturated rings. The first-order chi connectivity index (χ1) is 17.1. The van der Waals surface area contributed by atoms with Gasteiger partial charge in [0.05, 0.1) is 42.2 Å². The topological polar surface area (TPSA) is 125 Å². The van der Waals surface area contributed by atoms with Crippen LogP contribution in [0.5, 0.6) is 5.75 Å². The van der Waals surface area contributed by atoms with Gasteiger partial charge in [0.2, 0.25) is 10.0 Å². The van der Waals surface area contributed by atoms with E-state index in [1.807, 2.05) is 19.1 Å². The van der Waals surface area contributed by atoms with E-state index in [9.17, 15) is 18.0 Å². The Hall–Kier alpha value is -3.70. The SMILES string of the molecule is COc1cccc(Cn2c(=O)n(Cc3cnc(C)o3)c(=O)c3cc(S(=O)(=O)NC4(C)CC4)ccc32)c1. The third kappa shape index (κ3) is 4.59. The maximum Gasteiger partial charge on any atom is 0.332 e. The van der Waals surface area contributed by atoms with Crippen LogP contribution in [0.1, 0.15) is 37.0 Å². The van der Waals surface area contributed by atoms with E-state index in [1.54, 1.807) is 26.2 Å². The highest BCUT2D eigenvalue weighted by Crippen LogP contribution is 2.36. The van der Waals surface area contributed by atoms with Gasteiger partial charge >= 0.3 is 5.69 Å². The van der Waals surface area contributed by atoms with Crippen LogP contribution in [-0.4, -0.2) is 35.2 Å². The van der Waals surface area contributed by atoms with Gasteiger partial charge in [0.1, 0.15) is 11.5 Å². The molecule has 4 aromatic rings. The van der Waals surface area contributed by atoms with E-state index in [0.717, 1.165) is 23.0 Å². The normalized spacial score (nSPS) is 14.8. The molecule has 36 heavy (non-hydrogen) atoms. The third-order valence-corrected chi connectivity index (χ3v) is 7.98. The van der Waals surface area contributed by atoms with Crippen molar-refractivity contribution in [3.63, 3.8) is 0 Å². The number of benzene rings is 2. The van der Waals surface area contributed by atoms with Crippen LogP contribution in [0.3, 0.4) is 0 Å². The van der Waals surface area contributed by atoms with E-state index in [-0.39, 0.29) is 23.4 Å². The van der Waals surface area contributed by atoms with E-state index in [2.05, 4.69) is 9.71 Å². The lowest BCUT2D eigenvalue weighted by atomic mass is 10.2. The van der Waals surface area contributed by atoms with Crippen LogP contribution < -0.4 is 20.7 Å². The second-order valence-corrected chi connectivity index (χ2v) is 11.0. The van der Waals surface area contributed by atoms with Crippen LogP contribution in [0, 0.1) is 6.92 Å². The maximum atomic E-state index is 13.6. The molecule has 11 heteroatoms. The van der Waals surface area contributed by atoms with Crippen LogP contribution in [-0.2, 0) is 23.1 Å². The number of hydrogen-bond acceptors (Lipinski definition) is 7. The minimum Gasteiger partial charge on any atom is -0.497 e. The average molecular weight is 511 g/mol. The summed E-state index contributed by atoms with van der Waals surface area (Å²) in [5.41, 5.74) is -0.527. The number of fused-ring (bicyclic) bond motifs is 1. The Labute approximate surface area is 207 Å². The first kappa shape index (κ1) is 24.0. The van der Waals surface area contributed by atoms with E-state index in [0.29, 0.717) is 22.9 Å². The molecular weight excluding hydrogens is 484 g/mol. The molecule has 0 spiro atoms. The van der Waals surface area contributed by atoms with Crippen molar-refractivity contribution in [2.24, 2.45) is 0 Å². The van der Waals surface area contributed by atoms with Crippen LogP contribution in [0.15, 0.2) is 67.6 Å². The number of ether oxygens (including phenoxy) is 1. The van der Waals surface area contributed by atoms with Crippen LogP contribution in [0.25, 0.3) is 10.9 Å². The Balaban J connectivity index is 1.69. The lowest BCUT2D eigenvalue weighted by Crippen LogP contribution is -2.40. The summed E-state index contributed by atoms with van der Waals surface area (Å²) >= 11 is 0. The van der Waals surface area contributed by atoms with Gasteiger partial charge in [0, 0.05) is 12.5 Å². The van der Waals surface area contributed by atoms with Crippen molar-refractivity contribution < 1.29 is 17.6 Å². The van der Waals surface area contributed by atoms with E-state index in [1.165, 1.54) is 29.0 Å². The summed E-state index contributed by atoms with van der Waals surface area (Å²) in [5.74, 6) is 1.37. The predicted molar refractivity (Wildman–Crippen MR) is 133 cm³/mol. The van der Waals surface area contributed by atoms with Crippen molar-refractivity contribution in [2.75, 3.05) is 7.11 Å². The second kappa shape index (κ2) is 8.75. The fraction of sp³-hybridized carbons (Fsp3) is 0.320. The van der Waals surface area contributed by atoms with Gasteiger partial charge in [-0.05, 0) is 55.7 Å². The predicted octanol–water partition coefficient (Wildman–Crippen LogP) is 2.40. The van der Waals surface area contributed by atoms with Crippen molar-refractivity contribution in [3.8, 4) is 5.75 Å². The molecule has 0 bridgehead atoms. The highest BCUT2D eigenvalue weighted by molar-refractivity contribution is 7.89. The Morgan fingerprint density at radius 1 is 1.11 bits per heavy atom. The van der Waals surface area contributed by atoms with Gasteiger partial charge < -0.3 is 9.15 Å². The van der Waals surface area contributed by atoms with Gasteiger partial charge in [0.25, 0.3) is 5.56 Å². The summed E-state index contributed by atoms with van der Waals surface area (Å²) in [5, 5.41) is 0.109. The van der Waals surface area contributed by atoms with Gasteiger partial charge in [-0.2, -0.15) is 0 Å². The molecule has 0 amide bonds. The summed E-state index contributed by atoms with van der Waals surface area (Å²) in [4.78, 5) is 31.1. The number of nitrogens with zero attached hydrogens (tertiary/aromatic N) is 3. The van der Waals surface area contributed by atoms with E-state index < -0.39 is 26.8 Å². The molecule has 2 heterocycles. The summed E-state index contributed by atoms with van der Waals surface area (Å²) in [7, 11) is -2.30. The molecule has 0 aliphatic heterocycles. The standard InChI is InChI=1S/C25H26N4O6S/c1-16-26-13-19(35-16)15-29-23(30)21-12-20(36(32,33)27-25(2)9-10-25)7-8-22(21)28(24(29)31)14-17-5-4-6-18(11-17)34-3/h4-8,11-13,27H,9-10,14-15H2,1-3H3.